The molecular weight excluding hydrogens is 442 g/mol. The van der Waals surface area contributed by atoms with Gasteiger partial charge in [0.05, 0.1) is 9.58 Å². The number of hydrogen-bond donors (Lipinski definition) is 1. The minimum absolute atomic E-state index is 0.142. The van der Waals surface area contributed by atoms with E-state index in [-0.39, 0.29) is 18.0 Å². The molecule has 164 valence electrons. The molecule has 32 heavy (non-hydrogen) atoms. The van der Waals surface area contributed by atoms with Crippen molar-refractivity contribution in [3.8, 4) is 10.6 Å². The molecule has 0 bridgehead atoms. The van der Waals surface area contributed by atoms with Gasteiger partial charge in [0.2, 0.25) is 5.91 Å². The van der Waals surface area contributed by atoms with Crippen molar-refractivity contribution < 1.29 is 4.79 Å². The Hall–Kier alpha value is -3.04. The van der Waals surface area contributed by atoms with E-state index in [9.17, 15) is 9.59 Å². The molecule has 1 aliphatic heterocycles. The first kappa shape index (κ1) is 20.8. The molecule has 1 amide bonds. The number of hydrogen-bond acceptors (Lipinski definition) is 7. The monoisotopic (exact) mass is 465 g/mol. The average molecular weight is 466 g/mol. The van der Waals surface area contributed by atoms with Crippen LogP contribution in [0.3, 0.4) is 0 Å². The quantitative estimate of drug-likeness (QED) is 0.467. The van der Waals surface area contributed by atoms with E-state index in [2.05, 4.69) is 15.3 Å². The van der Waals surface area contributed by atoms with Gasteiger partial charge in [0, 0.05) is 19.6 Å². The van der Waals surface area contributed by atoms with E-state index in [1.54, 1.807) is 11.3 Å². The molecular formula is C23H23N5O2S2. The fraction of sp³-hybridized carbons (Fsp3) is 0.304. The van der Waals surface area contributed by atoms with Crippen molar-refractivity contribution in [1.29, 1.82) is 0 Å². The molecule has 1 saturated heterocycles. The van der Waals surface area contributed by atoms with Crippen molar-refractivity contribution in [1.82, 2.24) is 20.1 Å². The SMILES string of the molecule is O=C(Cn1nc(-c2cccs2)c2sc(N3CCCCC3)nc2c1=O)NCc1ccccc1. The molecule has 0 atom stereocenters. The van der Waals surface area contributed by atoms with Gasteiger partial charge >= 0.3 is 0 Å². The van der Waals surface area contributed by atoms with E-state index in [4.69, 9.17) is 4.98 Å². The number of carbonyl (C=O) groups excluding carboxylic acids is 1. The lowest BCUT2D eigenvalue weighted by molar-refractivity contribution is -0.122. The number of nitrogens with one attached hydrogen (secondary N) is 1. The third-order valence-electron chi connectivity index (χ3n) is 5.50. The molecule has 1 fully saturated rings. The van der Waals surface area contributed by atoms with Crippen molar-refractivity contribution in [2.75, 3.05) is 18.0 Å². The summed E-state index contributed by atoms with van der Waals surface area (Å²) in [6, 6.07) is 13.6. The van der Waals surface area contributed by atoms with Crippen LogP contribution in [0.2, 0.25) is 0 Å². The standard InChI is InChI=1S/C23H23N5O2S2/c29-18(24-14-16-8-3-1-4-9-16)15-28-22(30)20-21(19(26-28)17-10-7-13-31-17)32-23(25-20)27-11-5-2-6-12-27/h1,3-4,7-10,13H,2,5-6,11-12,14-15H2,(H,24,29). The smallest absolute Gasteiger partial charge is 0.294 e. The number of aromatic nitrogens is 3. The molecule has 0 spiro atoms. The van der Waals surface area contributed by atoms with Gasteiger partial charge in [-0.1, -0.05) is 47.7 Å². The van der Waals surface area contributed by atoms with Gasteiger partial charge in [-0.15, -0.1) is 11.3 Å². The van der Waals surface area contributed by atoms with Crippen molar-refractivity contribution in [3.63, 3.8) is 0 Å². The van der Waals surface area contributed by atoms with Crippen LogP contribution < -0.4 is 15.8 Å². The molecule has 9 heteroatoms. The van der Waals surface area contributed by atoms with Crippen molar-refractivity contribution in [2.45, 2.75) is 32.4 Å². The van der Waals surface area contributed by atoms with E-state index in [1.807, 2.05) is 47.8 Å². The Labute approximate surface area is 193 Å². The molecule has 5 rings (SSSR count). The maximum atomic E-state index is 13.2. The highest BCUT2D eigenvalue weighted by Crippen LogP contribution is 2.36. The van der Waals surface area contributed by atoms with E-state index in [0.717, 1.165) is 46.2 Å². The highest BCUT2D eigenvalue weighted by atomic mass is 32.1. The molecule has 0 unspecified atom stereocenters. The molecule has 1 aromatic carbocycles. The molecule has 4 heterocycles. The number of piperidine rings is 1. The lowest BCUT2D eigenvalue weighted by Crippen LogP contribution is -2.33. The fourth-order valence-corrected chi connectivity index (χ4v) is 5.73. The maximum Gasteiger partial charge on any atom is 0.294 e. The highest BCUT2D eigenvalue weighted by molar-refractivity contribution is 7.23. The Balaban J connectivity index is 1.47. The van der Waals surface area contributed by atoms with Crippen molar-refractivity contribution >= 4 is 43.9 Å². The molecule has 0 aliphatic carbocycles. The molecule has 1 N–H and O–H groups in total. The number of nitrogens with zero attached hydrogens (tertiary/aromatic N) is 4. The Bertz CT molecular complexity index is 1280. The zero-order chi connectivity index (χ0) is 21.9. The van der Waals surface area contributed by atoms with Crippen molar-refractivity contribution in [2.24, 2.45) is 0 Å². The number of thiophene rings is 1. The van der Waals surface area contributed by atoms with E-state index < -0.39 is 0 Å². The Morgan fingerprint density at radius 3 is 2.62 bits per heavy atom. The molecule has 1 aliphatic rings. The second kappa shape index (κ2) is 9.22. The first-order chi connectivity index (χ1) is 15.7. The summed E-state index contributed by atoms with van der Waals surface area (Å²) in [7, 11) is 0. The summed E-state index contributed by atoms with van der Waals surface area (Å²) in [6.07, 6.45) is 3.50. The zero-order valence-corrected chi connectivity index (χ0v) is 19.1. The molecule has 7 nitrogen and oxygen atoms in total. The Kier molecular flexibility index (Phi) is 6.00. The average Bonchev–Trinajstić information content (AvgIpc) is 3.52. The summed E-state index contributed by atoms with van der Waals surface area (Å²) in [5.74, 6) is -0.258. The molecule has 4 aromatic rings. The minimum atomic E-state index is -0.324. The number of thiazole rings is 1. The summed E-state index contributed by atoms with van der Waals surface area (Å²) >= 11 is 3.09. The van der Waals surface area contributed by atoms with Gasteiger partial charge in [0.15, 0.2) is 10.6 Å². The third kappa shape index (κ3) is 4.31. The predicted molar refractivity (Wildman–Crippen MR) is 129 cm³/mol. The number of carbonyl (C=O) groups is 1. The Morgan fingerprint density at radius 2 is 1.88 bits per heavy atom. The van der Waals surface area contributed by atoms with Gasteiger partial charge in [-0.25, -0.2) is 9.67 Å². The van der Waals surface area contributed by atoms with Crippen LogP contribution in [0.4, 0.5) is 5.13 Å². The van der Waals surface area contributed by atoms with Gasteiger partial charge in [0.25, 0.3) is 5.56 Å². The predicted octanol–water partition coefficient (Wildman–Crippen LogP) is 3.89. The minimum Gasteiger partial charge on any atom is -0.350 e. The van der Waals surface area contributed by atoms with Crippen LogP contribution in [0, 0.1) is 0 Å². The zero-order valence-electron chi connectivity index (χ0n) is 17.5. The second-order valence-corrected chi connectivity index (χ2v) is 9.70. The number of benzene rings is 1. The topological polar surface area (TPSA) is 80.1 Å². The van der Waals surface area contributed by atoms with E-state index >= 15 is 0 Å². The molecule has 3 aromatic heterocycles. The number of anilines is 1. The van der Waals surface area contributed by atoms with Gasteiger partial charge in [0.1, 0.15) is 12.2 Å². The summed E-state index contributed by atoms with van der Waals surface area (Å²) < 4.78 is 2.04. The number of fused-ring (bicyclic) bond motifs is 1. The fourth-order valence-electron chi connectivity index (χ4n) is 3.84. The largest absolute Gasteiger partial charge is 0.350 e. The van der Waals surface area contributed by atoms with Crippen LogP contribution in [0.5, 0.6) is 0 Å². The van der Waals surface area contributed by atoms with Gasteiger partial charge in [-0.3, -0.25) is 9.59 Å². The lowest BCUT2D eigenvalue weighted by Gasteiger charge is -2.25. The Morgan fingerprint density at radius 1 is 1.06 bits per heavy atom. The van der Waals surface area contributed by atoms with Crippen molar-refractivity contribution in [3.05, 3.63) is 63.8 Å². The summed E-state index contributed by atoms with van der Waals surface area (Å²) in [5, 5.41) is 10.3. The maximum absolute atomic E-state index is 13.2. The molecule has 0 saturated carbocycles. The van der Waals surface area contributed by atoms with E-state index in [1.165, 1.54) is 22.4 Å². The third-order valence-corrected chi connectivity index (χ3v) is 7.50. The van der Waals surface area contributed by atoms with Crippen LogP contribution in [-0.4, -0.2) is 33.8 Å². The van der Waals surface area contributed by atoms with E-state index in [0.29, 0.717) is 17.8 Å². The first-order valence-corrected chi connectivity index (χ1v) is 12.4. The van der Waals surface area contributed by atoms with Crippen LogP contribution in [0.15, 0.2) is 52.6 Å². The molecule has 0 radical (unpaired) electrons. The van der Waals surface area contributed by atoms with Gasteiger partial charge < -0.3 is 10.2 Å². The van der Waals surface area contributed by atoms with Gasteiger partial charge in [-0.05, 0) is 36.3 Å². The highest BCUT2D eigenvalue weighted by Gasteiger charge is 2.22. The van der Waals surface area contributed by atoms with Gasteiger partial charge in [-0.2, -0.15) is 5.10 Å². The summed E-state index contributed by atoms with van der Waals surface area (Å²) in [5.41, 5.74) is 1.78. The van der Waals surface area contributed by atoms with Crippen LogP contribution in [0.1, 0.15) is 24.8 Å². The normalized spacial score (nSPS) is 14.1. The van der Waals surface area contributed by atoms with Crippen LogP contribution in [0.25, 0.3) is 20.8 Å². The number of rotatable bonds is 6. The second-order valence-electron chi connectivity index (χ2n) is 7.77. The summed E-state index contributed by atoms with van der Waals surface area (Å²) in [6.45, 7) is 2.18. The van der Waals surface area contributed by atoms with Crippen LogP contribution in [-0.2, 0) is 17.9 Å². The lowest BCUT2D eigenvalue weighted by atomic mass is 10.1. The van der Waals surface area contributed by atoms with Crippen LogP contribution >= 0.6 is 22.7 Å². The summed E-state index contributed by atoms with van der Waals surface area (Å²) in [4.78, 5) is 33.7. The number of amides is 1. The first-order valence-electron chi connectivity index (χ1n) is 10.7.